The van der Waals surface area contributed by atoms with Gasteiger partial charge in [-0.3, -0.25) is 13.8 Å². The van der Waals surface area contributed by atoms with E-state index in [0.29, 0.717) is 76.5 Å². The first kappa shape index (κ1) is 78.0. The zero-order chi connectivity index (χ0) is 75.0. The van der Waals surface area contributed by atoms with Crippen molar-refractivity contribution in [2.45, 2.75) is 401 Å². The van der Waals surface area contributed by atoms with Crippen LogP contribution in [0, 0.1) is 23.7 Å². The first-order valence-corrected chi connectivity index (χ1v) is 43.2. The van der Waals surface area contributed by atoms with Crippen LogP contribution in [-0.4, -0.2) is 264 Å². The van der Waals surface area contributed by atoms with E-state index in [0.717, 1.165) is 112 Å². The average molecular weight is 1540 g/mol. The minimum absolute atomic E-state index is 0.00556. The Hall–Kier alpha value is -2.59. The van der Waals surface area contributed by atoms with Gasteiger partial charge in [0.05, 0.1) is 147 Å². The molecule has 20 saturated heterocycles. The molecule has 0 amide bonds. The van der Waals surface area contributed by atoms with Crippen molar-refractivity contribution in [2.24, 2.45) is 23.7 Å². The SMILES string of the molecule is C=C1C[C@@H]2CC[C@@]34C[C@@H]5O[C@@H]6[C@@H](O[C@H]7CCC(CC(=O)C[C@H]8[C@H](CC9O[C@@H](CCC1O2)C[C@@H](C)C9=C)OC(C[C@H](O)CC)[C@@H]8OC)O[C@@H]7[C@@H]6O3)[C@H]5O4.C=C1C[C@@H]2CC[C@@]34C[C@@H]5O[C@@H]6[C@@H](O[C@H]7CCC(CC(=O)C[C@H]8[C@H](CC9O[C@@H](CCC1O2)C[C@@H](C)C9=C)OC(C[C@H](O)COS(C)(=O)=O)[C@@H]8OC)O[C@@H]7[C@@H]6O3)[C@H]5O4. The lowest BCUT2D eigenvalue weighted by Gasteiger charge is -2.47. The van der Waals surface area contributed by atoms with Crippen LogP contribution in [0.2, 0.25) is 0 Å². The van der Waals surface area contributed by atoms with Crippen LogP contribution in [0.15, 0.2) is 48.6 Å². The molecule has 0 aliphatic carbocycles. The second-order valence-electron chi connectivity index (χ2n) is 35.8. The third kappa shape index (κ3) is 15.6. The number of hydrogen-bond donors (Lipinski definition) is 2. The van der Waals surface area contributed by atoms with Crippen LogP contribution in [0.25, 0.3) is 0 Å². The Bertz CT molecular complexity index is 3430. The topological polar surface area (TPSA) is 284 Å². The predicted octanol–water partition coefficient (Wildman–Crippen LogP) is 8.34. The lowest BCUT2D eigenvalue weighted by molar-refractivity contribution is -0.292. The Labute approximate surface area is 636 Å². The average Bonchev–Trinajstić information content (AvgIpc) is 1.55. The van der Waals surface area contributed by atoms with Crippen molar-refractivity contribution >= 4 is 21.7 Å². The number of carbonyl (C=O) groups excluding carboxylic acids is 2. The fourth-order valence-electron chi connectivity index (χ4n) is 22.8. The first-order chi connectivity index (χ1) is 51.8. The van der Waals surface area contributed by atoms with E-state index in [1.54, 1.807) is 14.2 Å². The molecule has 604 valence electrons. The highest BCUT2D eigenvalue weighted by molar-refractivity contribution is 7.86. The lowest BCUT2D eigenvalue weighted by Crippen LogP contribution is -2.61. The van der Waals surface area contributed by atoms with E-state index >= 15 is 0 Å². The Morgan fingerprint density at radius 3 is 1.27 bits per heavy atom. The van der Waals surface area contributed by atoms with Crippen molar-refractivity contribution in [1.82, 2.24) is 0 Å². The van der Waals surface area contributed by atoms with Gasteiger partial charge in [-0.05, 0) is 130 Å². The van der Waals surface area contributed by atoms with Gasteiger partial charge in [-0.1, -0.05) is 47.1 Å². The van der Waals surface area contributed by atoms with Gasteiger partial charge in [0.25, 0.3) is 10.1 Å². The molecule has 2 spiro atoms. The smallest absolute Gasteiger partial charge is 0.264 e. The van der Waals surface area contributed by atoms with Gasteiger partial charge in [-0.25, -0.2) is 0 Å². The van der Waals surface area contributed by atoms with Crippen molar-refractivity contribution in [2.75, 3.05) is 27.1 Å². The van der Waals surface area contributed by atoms with Gasteiger partial charge in [0, 0.05) is 103 Å². The maximum atomic E-state index is 14.1. The summed E-state index contributed by atoms with van der Waals surface area (Å²) in [5.74, 6) is -1.46. The van der Waals surface area contributed by atoms with Crippen LogP contribution in [0.4, 0.5) is 0 Å². The van der Waals surface area contributed by atoms with Crippen molar-refractivity contribution in [3.05, 3.63) is 48.6 Å². The largest absolute Gasteiger partial charge is 0.393 e. The molecule has 20 aliphatic rings. The van der Waals surface area contributed by atoms with Gasteiger partial charge in [0.2, 0.25) is 0 Å². The number of aliphatic hydroxyl groups excluding tert-OH is 2. The highest BCUT2D eigenvalue weighted by Gasteiger charge is 2.71. The molecule has 20 aliphatic heterocycles. The zero-order valence-corrected chi connectivity index (χ0v) is 64.9. The third-order valence-electron chi connectivity index (χ3n) is 28.4. The maximum absolute atomic E-state index is 14.1. The lowest BCUT2D eigenvalue weighted by atomic mass is 9.81. The Kier molecular flexibility index (Phi) is 22.7. The summed E-state index contributed by atoms with van der Waals surface area (Å²) < 4.78 is 148. The number of methoxy groups -OCH3 is 2. The summed E-state index contributed by atoms with van der Waals surface area (Å²) in [7, 11) is -0.479. The van der Waals surface area contributed by atoms with Gasteiger partial charge in [0.15, 0.2) is 11.6 Å². The van der Waals surface area contributed by atoms with Crippen LogP contribution in [0.5, 0.6) is 0 Å². The molecule has 24 bridgehead atoms. The number of hydrogen-bond acceptors (Lipinski definition) is 25. The van der Waals surface area contributed by atoms with E-state index in [-0.39, 0.29) is 207 Å². The fraction of sp³-hybridized carbons (Fsp3) is 0.878. The molecule has 108 heavy (non-hydrogen) atoms. The number of aliphatic hydroxyl groups is 2. The number of carbonyl (C=O) groups is 2. The Balaban J connectivity index is 0.000000159. The van der Waals surface area contributed by atoms with Crippen molar-refractivity contribution in [3.63, 3.8) is 0 Å². The number of Topliss-reactive ketones (excluding diaryl/α,β-unsaturated/α-hetero) is 2. The maximum Gasteiger partial charge on any atom is 0.264 e. The van der Waals surface area contributed by atoms with Crippen LogP contribution < -0.4 is 0 Å². The first-order valence-electron chi connectivity index (χ1n) is 41.4. The third-order valence-corrected chi connectivity index (χ3v) is 28.9. The minimum atomic E-state index is -3.75. The summed E-state index contributed by atoms with van der Waals surface area (Å²) in [5, 5.41) is 21.5. The second kappa shape index (κ2) is 31.5. The Morgan fingerprint density at radius 2 is 0.833 bits per heavy atom. The second-order valence-corrected chi connectivity index (χ2v) is 37.4. The van der Waals surface area contributed by atoms with Crippen LogP contribution in [0.1, 0.15) is 194 Å². The minimum Gasteiger partial charge on any atom is -0.393 e. The fourth-order valence-corrected chi connectivity index (χ4v) is 23.2. The predicted molar refractivity (Wildman–Crippen MR) is 386 cm³/mol. The van der Waals surface area contributed by atoms with Crippen LogP contribution >= 0.6 is 0 Å². The number of fused-ring (bicyclic) bond motifs is 12. The molecule has 38 atom stereocenters. The monoisotopic (exact) mass is 1540 g/mol. The molecule has 26 heteroatoms. The molecule has 0 aromatic heterocycles. The zero-order valence-electron chi connectivity index (χ0n) is 64.1. The van der Waals surface area contributed by atoms with Gasteiger partial charge in [0.1, 0.15) is 72.6 Å². The summed E-state index contributed by atoms with van der Waals surface area (Å²) in [4.78, 5) is 28.2. The van der Waals surface area contributed by atoms with E-state index in [4.69, 9.17) is 89.4 Å². The van der Waals surface area contributed by atoms with E-state index in [1.807, 2.05) is 6.92 Å². The van der Waals surface area contributed by atoms with E-state index < -0.39 is 64.9 Å². The summed E-state index contributed by atoms with van der Waals surface area (Å²) >= 11 is 0. The molecule has 20 heterocycles. The van der Waals surface area contributed by atoms with E-state index in [9.17, 15) is 28.2 Å². The van der Waals surface area contributed by atoms with Gasteiger partial charge in [-0.2, -0.15) is 8.42 Å². The summed E-state index contributed by atoms with van der Waals surface area (Å²) in [5.41, 5.74) is 4.33. The molecule has 0 radical (unpaired) electrons. The molecule has 0 aromatic carbocycles. The molecular formula is C82H120O25S. The molecule has 0 aromatic rings. The van der Waals surface area contributed by atoms with Crippen molar-refractivity contribution in [3.8, 4) is 0 Å². The van der Waals surface area contributed by atoms with Crippen molar-refractivity contribution < 1.29 is 118 Å². The summed E-state index contributed by atoms with van der Waals surface area (Å²) in [6.07, 6.45) is 9.75. The summed E-state index contributed by atoms with van der Waals surface area (Å²) in [6.45, 7) is 23.8. The van der Waals surface area contributed by atoms with Crippen LogP contribution in [-0.2, 0) is 109 Å². The number of ether oxygens (including phenoxy) is 18. The van der Waals surface area contributed by atoms with Crippen LogP contribution in [0.3, 0.4) is 0 Å². The summed E-state index contributed by atoms with van der Waals surface area (Å²) in [6, 6.07) is 0. The molecule has 25 nitrogen and oxygen atoms in total. The van der Waals surface area contributed by atoms with Gasteiger partial charge in [-0.15, -0.1) is 0 Å². The highest BCUT2D eigenvalue weighted by Crippen LogP contribution is 2.57. The normalized spacial score (nSPS) is 51.0. The molecule has 20 fully saturated rings. The molecule has 0 saturated carbocycles. The number of rotatable bonds is 10. The van der Waals surface area contributed by atoms with E-state index in [2.05, 4.69) is 40.2 Å². The molecule has 8 unspecified atom stereocenters. The van der Waals surface area contributed by atoms with Gasteiger partial charge >= 0.3 is 0 Å². The van der Waals surface area contributed by atoms with Gasteiger partial charge < -0.3 is 95.5 Å². The van der Waals surface area contributed by atoms with E-state index in [1.165, 1.54) is 0 Å². The number of ketones is 2. The molecule has 2 N–H and O–H groups in total. The standard InChI is InChI=1S/C41H60O14S.C41H60O11/c1-20-12-25-6-8-29-21(2)13-27(48-29)10-11-41-18-34-37(54-41)38-39(53-34)40(55-41)36-30(52-38)9-7-26(50-36)14-23(42)15-28-32(17-31(49-25)22(20)3)51-33(35(28)46-4)16-24(43)19-47-56(5,44)45;1-6-23(42)17-33-35(44-5)28-16-24(43)15-26-8-10-30-36(47-26)40-39-38(49-30)37-34(50-39)19-41(51-37,52-40)12-11-27-14-21(3)29(45-27)9-7-25-13-20(2)22(4)31(46-25)18-32(28)48-33/h20,24-40,43H,2-3,6-19H2,1,4-5H3;20,23,25-40,42H,3-4,6-19H2,1-2,5H3/t20-,24+,25+,26?,27+,28+,29?,30+,31?,32+,33?,34+,35-,36+,37+,38+,39-,40+,41+;20-,23-,25+,26?,27+,28+,29?,30+,31?,32+,33?,34+,35-,36+,37+,38+,39-,40+,41+/m11/s1. The van der Waals surface area contributed by atoms with Crippen molar-refractivity contribution in [1.29, 1.82) is 0 Å². The Morgan fingerprint density at radius 1 is 0.435 bits per heavy atom. The quantitative estimate of drug-likeness (QED) is 0.153. The highest BCUT2D eigenvalue weighted by atomic mass is 32.2. The molecular weight excluding hydrogens is 1420 g/mol. The molecule has 20 rings (SSSR count).